The molecule has 1 unspecified atom stereocenters. The van der Waals surface area contributed by atoms with Crippen molar-refractivity contribution in [2.75, 3.05) is 19.7 Å². The highest BCUT2D eigenvalue weighted by atomic mass is 16.3. The maximum atomic E-state index is 12.3. The Hall–Kier alpha value is -0.610. The molecule has 0 radical (unpaired) electrons. The van der Waals surface area contributed by atoms with Crippen LogP contribution in [0.15, 0.2) is 0 Å². The third-order valence-electron chi connectivity index (χ3n) is 5.15. The smallest absolute Gasteiger partial charge is 0.224 e. The van der Waals surface area contributed by atoms with E-state index in [0.717, 1.165) is 45.2 Å². The van der Waals surface area contributed by atoms with E-state index in [1.807, 2.05) is 13.8 Å². The fourth-order valence-corrected chi connectivity index (χ4v) is 3.23. The van der Waals surface area contributed by atoms with Crippen molar-refractivity contribution in [1.82, 2.24) is 10.6 Å². The largest absolute Gasteiger partial charge is 0.394 e. The van der Waals surface area contributed by atoms with E-state index < -0.39 is 5.54 Å². The van der Waals surface area contributed by atoms with E-state index in [9.17, 15) is 9.90 Å². The Labute approximate surface area is 110 Å². The summed E-state index contributed by atoms with van der Waals surface area (Å²) in [5, 5.41) is 16.0. The second kappa shape index (κ2) is 5.17. The van der Waals surface area contributed by atoms with E-state index in [2.05, 4.69) is 10.6 Å². The molecule has 1 amide bonds. The van der Waals surface area contributed by atoms with E-state index in [1.54, 1.807) is 0 Å². The molecule has 3 N–H and O–H groups in total. The summed E-state index contributed by atoms with van der Waals surface area (Å²) in [6, 6.07) is 0. The lowest BCUT2D eigenvalue weighted by Gasteiger charge is -2.31. The Bertz CT molecular complexity index is 299. The van der Waals surface area contributed by atoms with Crippen LogP contribution in [0.3, 0.4) is 0 Å². The number of aliphatic hydroxyl groups excluding tert-OH is 1. The van der Waals surface area contributed by atoms with Crippen LogP contribution >= 0.6 is 0 Å². The van der Waals surface area contributed by atoms with Gasteiger partial charge in [0.2, 0.25) is 5.91 Å². The van der Waals surface area contributed by atoms with Crippen molar-refractivity contribution in [3.05, 3.63) is 0 Å². The molecule has 4 nitrogen and oxygen atoms in total. The van der Waals surface area contributed by atoms with Gasteiger partial charge in [0.25, 0.3) is 0 Å². The number of nitrogens with one attached hydrogen (secondary N) is 2. The number of carbonyl (C=O) groups is 1. The topological polar surface area (TPSA) is 61.4 Å². The summed E-state index contributed by atoms with van der Waals surface area (Å²) in [6.07, 6.45) is 4.85. The normalized spacial score (nSPS) is 26.1. The van der Waals surface area contributed by atoms with Gasteiger partial charge in [-0.15, -0.1) is 0 Å². The predicted octanol–water partition coefficient (Wildman–Crippen LogP) is 1.04. The molecular weight excluding hydrogens is 228 g/mol. The third kappa shape index (κ3) is 2.41. The van der Waals surface area contributed by atoms with Crippen LogP contribution < -0.4 is 10.6 Å². The zero-order valence-electron chi connectivity index (χ0n) is 11.6. The average Bonchev–Trinajstić information content (AvgIpc) is 3.10. The summed E-state index contributed by atoms with van der Waals surface area (Å²) in [6.45, 7) is 6.15. The van der Waals surface area contributed by atoms with Gasteiger partial charge in [0, 0.05) is 5.92 Å². The lowest BCUT2D eigenvalue weighted by Crippen LogP contribution is -2.51. The molecule has 0 aromatic heterocycles. The Morgan fingerprint density at radius 2 is 2.00 bits per heavy atom. The highest BCUT2D eigenvalue weighted by molar-refractivity contribution is 5.83. The first kappa shape index (κ1) is 13.8. The van der Waals surface area contributed by atoms with Crippen LogP contribution in [0.5, 0.6) is 0 Å². The number of hydrogen-bond acceptors (Lipinski definition) is 3. The summed E-state index contributed by atoms with van der Waals surface area (Å²) < 4.78 is 0. The number of aliphatic hydroxyl groups is 1. The molecule has 0 bridgehead atoms. The van der Waals surface area contributed by atoms with Crippen LogP contribution in [0.25, 0.3) is 0 Å². The van der Waals surface area contributed by atoms with Crippen LogP contribution in [0.2, 0.25) is 0 Å². The number of rotatable bonds is 5. The highest BCUT2D eigenvalue weighted by Gasteiger charge is 2.58. The molecule has 2 fully saturated rings. The van der Waals surface area contributed by atoms with E-state index in [1.165, 1.54) is 0 Å². The second-order valence-corrected chi connectivity index (χ2v) is 6.00. The molecule has 0 aromatic carbocycles. The van der Waals surface area contributed by atoms with Gasteiger partial charge in [-0.2, -0.15) is 0 Å². The molecular formula is C14H26N2O2. The van der Waals surface area contributed by atoms with Crippen molar-refractivity contribution in [2.24, 2.45) is 11.3 Å². The van der Waals surface area contributed by atoms with E-state index >= 15 is 0 Å². The molecule has 2 aliphatic rings. The first-order valence-corrected chi connectivity index (χ1v) is 7.25. The minimum Gasteiger partial charge on any atom is -0.394 e. The van der Waals surface area contributed by atoms with E-state index in [0.29, 0.717) is 0 Å². The maximum absolute atomic E-state index is 12.3. The van der Waals surface area contributed by atoms with Crippen molar-refractivity contribution in [1.29, 1.82) is 0 Å². The molecule has 1 spiro atoms. The van der Waals surface area contributed by atoms with Crippen molar-refractivity contribution in [3.8, 4) is 0 Å². The summed E-state index contributed by atoms with van der Waals surface area (Å²) in [5.74, 6) is 0.346. The van der Waals surface area contributed by atoms with Crippen LogP contribution in [0.4, 0.5) is 0 Å². The molecule has 1 heterocycles. The maximum Gasteiger partial charge on any atom is 0.224 e. The molecule has 4 heteroatoms. The van der Waals surface area contributed by atoms with Crippen LogP contribution in [-0.4, -0.2) is 36.2 Å². The molecule has 2 rings (SSSR count). The molecule has 1 atom stereocenters. The van der Waals surface area contributed by atoms with Gasteiger partial charge in [-0.1, -0.05) is 13.8 Å². The third-order valence-corrected chi connectivity index (χ3v) is 5.15. The molecule has 0 aromatic rings. The van der Waals surface area contributed by atoms with Crippen molar-refractivity contribution >= 4 is 5.91 Å². The van der Waals surface area contributed by atoms with Crippen LogP contribution in [0, 0.1) is 11.3 Å². The summed E-state index contributed by atoms with van der Waals surface area (Å²) in [7, 11) is 0. The first-order valence-electron chi connectivity index (χ1n) is 7.25. The van der Waals surface area contributed by atoms with E-state index in [4.69, 9.17) is 0 Å². The van der Waals surface area contributed by atoms with Gasteiger partial charge < -0.3 is 15.7 Å². The fourth-order valence-electron chi connectivity index (χ4n) is 3.23. The zero-order chi connectivity index (χ0) is 13.2. The zero-order valence-corrected chi connectivity index (χ0v) is 11.6. The Morgan fingerprint density at radius 1 is 1.39 bits per heavy atom. The first-order chi connectivity index (χ1) is 8.61. The SMILES string of the molecule is CCC(CC)(CO)NC(=O)C1CC12CCNCC2. The number of piperidine rings is 1. The Kier molecular flexibility index (Phi) is 3.97. The van der Waals surface area contributed by atoms with Gasteiger partial charge in [-0.25, -0.2) is 0 Å². The lowest BCUT2D eigenvalue weighted by molar-refractivity contribution is -0.126. The molecule has 1 aliphatic carbocycles. The average molecular weight is 254 g/mol. The summed E-state index contributed by atoms with van der Waals surface area (Å²) in [4.78, 5) is 12.3. The Balaban J connectivity index is 1.93. The summed E-state index contributed by atoms with van der Waals surface area (Å²) >= 11 is 0. The van der Waals surface area contributed by atoms with Crippen molar-refractivity contribution < 1.29 is 9.90 Å². The van der Waals surface area contributed by atoms with Gasteiger partial charge in [-0.3, -0.25) is 4.79 Å². The van der Waals surface area contributed by atoms with Crippen LogP contribution in [-0.2, 0) is 4.79 Å². The minimum atomic E-state index is -0.409. The standard InChI is InChI=1S/C14H26N2O2/c1-3-14(4-2,10-17)16-12(18)11-9-13(11)5-7-15-8-6-13/h11,15,17H,3-10H2,1-2H3,(H,16,18). The number of carbonyl (C=O) groups excluding carboxylic acids is 1. The van der Waals surface area contributed by atoms with E-state index in [-0.39, 0.29) is 23.8 Å². The van der Waals surface area contributed by atoms with Gasteiger partial charge in [0.15, 0.2) is 0 Å². The number of hydrogen-bond donors (Lipinski definition) is 3. The second-order valence-electron chi connectivity index (χ2n) is 6.00. The van der Waals surface area contributed by atoms with Gasteiger partial charge in [0.05, 0.1) is 12.1 Å². The minimum absolute atomic E-state index is 0.0347. The monoisotopic (exact) mass is 254 g/mol. The number of amides is 1. The predicted molar refractivity (Wildman–Crippen MR) is 71.2 cm³/mol. The van der Waals surface area contributed by atoms with Gasteiger partial charge in [-0.05, 0) is 50.6 Å². The molecule has 1 saturated heterocycles. The fraction of sp³-hybridized carbons (Fsp3) is 0.929. The van der Waals surface area contributed by atoms with Crippen LogP contribution in [0.1, 0.15) is 46.0 Å². The van der Waals surface area contributed by atoms with Crippen molar-refractivity contribution in [2.45, 2.75) is 51.5 Å². The highest BCUT2D eigenvalue weighted by Crippen LogP contribution is 2.58. The quantitative estimate of drug-likeness (QED) is 0.687. The lowest BCUT2D eigenvalue weighted by atomic mass is 9.90. The molecule has 1 aliphatic heterocycles. The molecule has 1 saturated carbocycles. The molecule has 104 valence electrons. The summed E-state index contributed by atoms with van der Waals surface area (Å²) in [5.41, 5.74) is -0.133. The molecule has 18 heavy (non-hydrogen) atoms. The van der Waals surface area contributed by atoms with Crippen molar-refractivity contribution in [3.63, 3.8) is 0 Å². The van der Waals surface area contributed by atoms with Gasteiger partial charge in [0.1, 0.15) is 0 Å². The Morgan fingerprint density at radius 3 is 2.50 bits per heavy atom. The van der Waals surface area contributed by atoms with Gasteiger partial charge >= 0.3 is 0 Å².